The number of likely N-dealkylation sites (tertiary alicyclic amines) is 1. The van der Waals surface area contributed by atoms with Crippen LogP contribution in [0.4, 0.5) is 0 Å². The first-order valence-corrected chi connectivity index (χ1v) is 7.16. The van der Waals surface area contributed by atoms with Crippen molar-refractivity contribution in [1.82, 2.24) is 10.2 Å². The van der Waals surface area contributed by atoms with E-state index in [0.717, 1.165) is 18.6 Å². The zero-order valence-electron chi connectivity index (χ0n) is 11.3. The standard InChI is InChI=1S/C14H28N2/c1-4-15-13-7-10-16(12(2)11-13)14(3)8-5-6-9-14/h12-13,15H,4-11H2,1-3H3. The third-order valence-corrected chi connectivity index (χ3v) is 4.74. The van der Waals surface area contributed by atoms with Crippen molar-refractivity contribution in [2.45, 2.75) is 76.9 Å². The molecule has 2 heteroatoms. The van der Waals surface area contributed by atoms with Crippen LogP contribution in [0.5, 0.6) is 0 Å². The Morgan fingerprint density at radius 1 is 1.31 bits per heavy atom. The number of hydrogen-bond donors (Lipinski definition) is 1. The fourth-order valence-electron chi connectivity index (χ4n) is 3.87. The van der Waals surface area contributed by atoms with E-state index in [4.69, 9.17) is 0 Å². The molecule has 0 aromatic carbocycles. The van der Waals surface area contributed by atoms with Gasteiger partial charge in [-0.25, -0.2) is 0 Å². The van der Waals surface area contributed by atoms with Crippen LogP contribution in [0.2, 0.25) is 0 Å². The molecule has 1 heterocycles. The highest BCUT2D eigenvalue weighted by atomic mass is 15.2. The van der Waals surface area contributed by atoms with Crippen molar-refractivity contribution in [3.63, 3.8) is 0 Å². The molecule has 1 saturated carbocycles. The van der Waals surface area contributed by atoms with Crippen LogP contribution < -0.4 is 5.32 Å². The predicted molar refractivity (Wildman–Crippen MR) is 69.7 cm³/mol. The molecular weight excluding hydrogens is 196 g/mol. The van der Waals surface area contributed by atoms with Crippen LogP contribution in [0, 0.1) is 0 Å². The van der Waals surface area contributed by atoms with Crippen molar-refractivity contribution < 1.29 is 0 Å². The molecule has 0 aromatic rings. The van der Waals surface area contributed by atoms with Gasteiger partial charge in [-0.05, 0) is 46.1 Å². The summed E-state index contributed by atoms with van der Waals surface area (Å²) in [4.78, 5) is 2.80. The van der Waals surface area contributed by atoms with E-state index < -0.39 is 0 Å². The van der Waals surface area contributed by atoms with E-state index in [1.54, 1.807) is 0 Å². The van der Waals surface area contributed by atoms with Gasteiger partial charge in [-0.2, -0.15) is 0 Å². The second kappa shape index (κ2) is 5.05. The van der Waals surface area contributed by atoms with Crippen molar-refractivity contribution in [3.05, 3.63) is 0 Å². The van der Waals surface area contributed by atoms with E-state index in [1.165, 1.54) is 45.1 Å². The molecule has 1 saturated heterocycles. The maximum absolute atomic E-state index is 3.61. The van der Waals surface area contributed by atoms with Crippen molar-refractivity contribution in [2.75, 3.05) is 13.1 Å². The number of nitrogens with one attached hydrogen (secondary N) is 1. The maximum atomic E-state index is 3.61. The molecule has 0 aromatic heterocycles. The lowest BCUT2D eigenvalue weighted by atomic mass is 9.89. The lowest BCUT2D eigenvalue weighted by molar-refractivity contribution is 0.0296. The van der Waals surface area contributed by atoms with Crippen LogP contribution in [0.15, 0.2) is 0 Å². The topological polar surface area (TPSA) is 15.3 Å². The molecule has 2 unspecified atom stereocenters. The molecule has 2 atom stereocenters. The van der Waals surface area contributed by atoms with Crippen LogP contribution in [-0.2, 0) is 0 Å². The van der Waals surface area contributed by atoms with Gasteiger partial charge < -0.3 is 5.32 Å². The third kappa shape index (κ3) is 2.43. The SMILES string of the molecule is CCNC1CCN(C2(C)CCCC2)C(C)C1. The summed E-state index contributed by atoms with van der Waals surface area (Å²) in [6, 6.07) is 1.53. The number of nitrogens with zero attached hydrogens (tertiary/aromatic N) is 1. The largest absolute Gasteiger partial charge is 0.314 e. The molecule has 1 aliphatic heterocycles. The molecule has 2 aliphatic rings. The second-order valence-corrected chi connectivity index (χ2v) is 6.03. The Morgan fingerprint density at radius 2 is 2.00 bits per heavy atom. The van der Waals surface area contributed by atoms with E-state index in [2.05, 4.69) is 31.0 Å². The summed E-state index contributed by atoms with van der Waals surface area (Å²) >= 11 is 0. The fourth-order valence-corrected chi connectivity index (χ4v) is 3.87. The Hall–Kier alpha value is -0.0800. The molecule has 0 spiro atoms. The van der Waals surface area contributed by atoms with Gasteiger partial charge in [0.1, 0.15) is 0 Å². The van der Waals surface area contributed by atoms with Crippen LogP contribution in [-0.4, -0.2) is 35.6 Å². The molecule has 1 N–H and O–H groups in total. The Kier molecular flexibility index (Phi) is 3.91. The van der Waals surface area contributed by atoms with Crippen LogP contribution in [0.1, 0.15) is 59.3 Å². The first-order chi connectivity index (χ1) is 7.65. The zero-order chi connectivity index (χ0) is 11.6. The van der Waals surface area contributed by atoms with E-state index in [1.807, 2.05) is 0 Å². The Balaban J connectivity index is 1.93. The van der Waals surface area contributed by atoms with Gasteiger partial charge in [-0.3, -0.25) is 4.90 Å². The summed E-state index contributed by atoms with van der Waals surface area (Å²) in [6.45, 7) is 9.55. The number of rotatable bonds is 3. The predicted octanol–water partition coefficient (Wildman–Crippen LogP) is 2.78. The lowest BCUT2D eigenvalue weighted by Crippen LogP contribution is -2.55. The summed E-state index contributed by atoms with van der Waals surface area (Å²) in [5.41, 5.74) is 0.524. The Morgan fingerprint density at radius 3 is 2.56 bits per heavy atom. The normalized spacial score (nSPS) is 35.4. The van der Waals surface area contributed by atoms with E-state index in [9.17, 15) is 0 Å². The van der Waals surface area contributed by atoms with E-state index in [-0.39, 0.29) is 0 Å². The molecule has 1 aliphatic carbocycles. The highest BCUT2D eigenvalue weighted by Gasteiger charge is 2.39. The van der Waals surface area contributed by atoms with Gasteiger partial charge in [0, 0.05) is 24.2 Å². The summed E-state index contributed by atoms with van der Waals surface area (Å²) in [7, 11) is 0. The fraction of sp³-hybridized carbons (Fsp3) is 1.00. The lowest BCUT2D eigenvalue weighted by Gasteiger charge is -2.47. The number of piperidine rings is 1. The number of hydrogen-bond acceptors (Lipinski definition) is 2. The summed E-state index contributed by atoms with van der Waals surface area (Å²) in [6.07, 6.45) is 8.40. The van der Waals surface area contributed by atoms with Crippen LogP contribution in [0.3, 0.4) is 0 Å². The van der Waals surface area contributed by atoms with Crippen LogP contribution >= 0.6 is 0 Å². The van der Waals surface area contributed by atoms with Crippen LogP contribution in [0.25, 0.3) is 0 Å². The van der Waals surface area contributed by atoms with Crippen molar-refractivity contribution >= 4 is 0 Å². The highest BCUT2D eigenvalue weighted by Crippen LogP contribution is 2.38. The molecule has 0 bridgehead atoms. The second-order valence-electron chi connectivity index (χ2n) is 6.03. The van der Waals surface area contributed by atoms with Gasteiger partial charge in [0.15, 0.2) is 0 Å². The first kappa shape index (κ1) is 12.4. The minimum absolute atomic E-state index is 0.524. The Labute approximate surface area is 101 Å². The molecular formula is C14H28N2. The van der Waals surface area contributed by atoms with Gasteiger partial charge in [0.25, 0.3) is 0 Å². The average molecular weight is 224 g/mol. The first-order valence-electron chi connectivity index (χ1n) is 7.16. The van der Waals surface area contributed by atoms with Gasteiger partial charge in [-0.1, -0.05) is 19.8 Å². The van der Waals surface area contributed by atoms with Crippen molar-refractivity contribution in [2.24, 2.45) is 0 Å². The van der Waals surface area contributed by atoms with Crippen molar-refractivity contribution in [3.8, 4) is 0 Å². The van der Waals surface area contributed by atoms with Crippen molar-refractivity contribution in [1.29, 1.82) is 0 Å². The zero-order valence-corrected chi connectivity index (χ0v) is 11.3. The van der Waals surface area contributed by atoms with Gasteiger partial charge in [-0.15, -0.1) is 0 Å². The van der Waals surface area contributed by atoms with Gasteiger partial charge in [0.2, 0.25) is 0 Å². The average Bonchev–Trinajstić information content (AvgIpc) is 2.66. The molecule has 2 fully saturated rings. The third-order valence-electron chi connectivity index (χ3n) is 4.74. The molecule has 0 radical (unpaired) electrons. The minimum atomic E-state index is 0.524. The smallest absolute Gasteiger partial charge is 0.0184 e. The quantitative estimate of drug-likeness (QED) is 0.793. The molecule has 94 valence electrons. The van der Waals surface area contributed by atoms with E-state index >= 15 is 0 Å². The molecule has 2 rings (SSSR count). The molecule has 2 nitrogen and oxygen atoms in total. The minimum Gasteiger partial charge on any atom is -0.314 e. The highest BCUT2D eigenvalue weighted by molar-refractivity contribution is 4.96. The summed E-state index contributed by atoms with van der Waals surface area (Å²) in [5, 5.41) is 3.61. The van der Waals surface area contributed by atoms with E-state index in [0.29, 0.717) is 5.54 Å². The Bertz CT molecular complexity index is 221. The molecule has 0 amide bonds. The van der Waals surface area contributed by atoms with Gasteiger partial charge in [0.05, 0.1) is 0 Å². The monoisotopic (exact) mass is 224 g/mol. The molecule has 16 heavy (non-hydrogen) atoms. The maximum Gasteiger partial charge on any atom is 0.0184 e. The summed E-state index contributed by atoms with van der Waals surface area (Å²) in [5.74, 6) is 0. The summed E-state index contributed by atoms with van der Waals surface area (Å²) < 4.78 is 0. The van der Waals surface area contributed by atoms with Gasteiger partial charge >= 0.3 is 0 Å².